The lowest BCUT2D eigenvalue weighted by Gasteiger charge is -2.09. The summed E-state index contributed by atoms with van der Waals surface area (Å²) in [6.07, 6.45) is 6.61. The summed E-state index contributed by atoms with van der Waals surface area (Å²) in [6.45, 7) is 0. The average molecular weight is 231 g/mol. The lowest BCUT2D eigenvalue weighted by molar-refractivity contribution is 0.786. The van der Waals surface area contributed by atoms with Gasteiger partial charge in [0.15, 0.2) is 5.13 Å². The van der Waals surface area contributed by atoms with Crippen LogP contribution in [0.3, 0.4) is 0 Å². The molecule has 0 fully saturated rings. The molecule has 1 aromatic carbocycles. The number of anilines is 2. The van der Waals surface area contributed by atoms with E-state index in [9.17, 15) is 0 Å². The molecule has 0 aliphatic heterocycles. The molecule has 0 amide bonds. The number of fused-ring (bicyclic) bond motifs is 1. The molecule has 1 aliphatic rings. The van der Waals surface area contributed by atoms with Crippen LogP contribution in [-0.4, -0.2) is 11.0 Å². The fraction of sp³-hybridized carbons (Fsp3) is 0.250. The topological polar surface area (TPSA) is 50.9 Å². The average Bonchev–Trinajstić information content (AvgIpc) is 2.86. The van der Waals surface area contributed by atoms with Crippen molar-refractivity contribution >= 4 is 32.4 Å². The van der Waals surface area contributed by atoms with Crippen LogP contribution in [0.5, 0.6) is 0 Å². The number of nitrogens with zero attached hydrogens (tertiary/aromatic N) is 1. The molecule has 0 saturated heterocycles. The highest BCUT2D eigenvalue weighted by molar-refractivity contribution is 7.22. The number of hydrogen-bond acceptors (Lipinski definition) is 4. The van der Waals surface area contributed by atoms with Crippen molar-refractivity contribution in [3.05, 3.63) is 30.4 Å². The molecule has 0 bridgehead atoms. The molecule has 4 heteroatoms. The van der Waals surface area contributed by atoms with Gasteiger partial charge in [0.1, 0.15) is 0 Å². The van der Waals surface area contributed by atoms with E-state index >= 15 is 0 Å². The van der Waals surface area contributed by atoms with Gasteiger partial charge in [-0.1, -0.05) is 23.5 Å². The third kappa shape index (κ3) is 1.76. The second-order valence-electron chi connectivity index (χ2n) is 4.03. The van der Waals surface area contributed by atoms with Crippen molar-refractivity contribution in [1.82, 2.24) is 4.98 Å². The van der Waals surface area contributed by atoms with Gasteiger partial charge in [-0.25, -0.2) is 4.98 Å². The smallest absolute Gasteiger partial charge is 0.184 e. The zero-order chi connectivity index (χ0) is 11.0. The van der Waals surface area contributed by atoms with Crippen molar-refractivity contribution in [1.29, 1.82) is 0 Å². The molecule has 16 heavy (non-hydrogen) atoms. The summed E-state index contributed by atoms with van der Waals surface area (Å²) >= 11 is 1.67. The Hall–Kier alpha value is -1.55. The minimum atomic E-state index is 0.512. The fourth-order valence-electron chi connectivity index (χ4n) is 1.91. The summed E-state index contributed by atoms with van der Waals surface area (Å²) in [7, 11) is 0. The van der Waals surface area contributed by atoms with Crippen molar-refractivity contribution in [3.63, 3.8) is 0 Å². The van der Waals surface area contributed by atoms with Gasteiger partial charge >= 0.3 is 0 Å². The number of thiazole rings is 1. The van der Waals surface area contributed by atoms with Crippen LogP contribution in [0.4, 0.5) is 10.8 Å². The summed E-state index contributed by atoms with van der Waals surface area (Å²) in [6, 6.07) is 6.35. The number of nitrogens with one attached hydrogen (secondary N) is 1. The predicted molar refractivity (Wildman–Crippen MR) is 69.8 cm³/mol. The largest absolute Gasteiger partial charge is 0.399 e. The molecule has 3 rings (SSSR count). The maximum absolute atomic E-state index is 5.75. The van der Waals surface area contributed by atoms with E-state index in [0.717, 1.165) is 33.9 Å². The van der Waals surface area contributed by atoms with Gasteiger partial charge in [-0.2, -0.15) is 0 Å². The van der Waals surface area contributed by atoms with E-state index in [1.165, 1.54) is 0 Å². The Kier molecular flexibility index (Phi) is 2.29. The van der Waals surface area contributed by atoms with Crippen LogP contribution in [0.1, 0.15) is 12.8 Å². The Morgan fingerprint density at radius 2 is 2.12 bits per heavy atom. The van der Waals surface area contributed by atoms with E-state index in [0.29, 0.717) is 6.04 Å². The molecule has 0 spiro atoms. The van der Waals surface area contributed by atoms with Gasteiger partial charge < -0.3 is 11.1 Å². The molecule has 0 atom stereocenters. The zero-order valence-electron chi connectivity index (χ0n) is 8.81. The van der Waals surface area contributed by atoms with Gasteiger partial charge in [0.05, 0.1) is 10.2 Å². The Labute approximate surface area is 98.0 Å². The summed E-state index contributed by atoms with van der Waals surface area (Å²) in [5.41, 5.74) is 7.56. The molecule has 2 aromatic rings. The number of hydrogen-bond donors (Lipinski definition) is 2. The third-order valence-electron chi connectivity index (χ3n) is 2.75. The Morgan fingerprint density at radius 3 is 2.94 bits per heavy atom. The Balaban J connectivity index is 1.87. The second-order valence-corrected chi connectivity index (χ2v) is 5.06. The first kappa shape index (κ1) is 9.66. The molecule has 1 aromatic heterocycles. The van der Waals surface area contributed by atoms with Gasteiger partial charge in [-0.05, 0) is 31.0 Å². The van der Waals surface area contributed by atoms with Gasteiger partial charge in [0, 0.05) is 11.7 Å². The summed E-state index contributed by atoms with van der Waals surface area (Å²) in [5, 5.41) is 4.45. The molecule has 0 unspecified atom stereocenters. The van der Waals surface area contributed by atoms with Gasteiger partial charge in [0.2, 0.25) is 0 Å². The van der Waals surface area contributed by atoms with E-state index in [1.807, 2.05) is 18.2 Å². The lowest BCUT2D eigenvalue weighted by atomic mass is 10.2. The van der Waals surface area contributed by atoms with E-state index in [-0.39, 0.29) is 0 Å². The minimum absolute atomic E-state index is 0.512. The van der Waals surface area contributed by atoms with Crippen LogP contribution in [0.2, 0.25) is 0 Å². The molecule has 82 valence electrons. The van der Waals surface area contributed by atoms with E-state index in [4.69, 9.17) is 5.73 Å². The monoisotopic (exact) mass is 231 g/mol. The van der Waals surface area contributed by atoms with Crippen molar-refractivity contribution in [3.8, 4) is 0 Å². The molecular formula is C12H13N3S. The molecule has 3 nitrogen and oxygen atoms in total. The molecule has 1 aliphatic carbocycles. The molecular weight excluding hydrogens is 218 g/mol. The maximum atomic E-state index is 5.75. The van der Waals surface area contributed by atoms with Crippen LogP contribution in [0.25, 0.3) is 10.2 Å². The second kappa shape index (κ2) is 3.79. The van der Waals surface area contributed by atoms with E-state index < -0.39 is 0 Å². The number of nitrogen functional groups attached to an aromatic ring is 1. The first-order valence-electron chi connectivity index (χ1n) is 5.39. The number of aromatic nitrogens is 1. The number of benzene rings is 1. The van der Waals surface area contributed by atoms with Crippen molar-refractivity contribution in [2.45, 2.75) is 18.9 Å². The summed E-state index contributed by atoms with van der Waals surface area (Å²) in [4.78, 5) is 4.54. The standard InChI is InChI=1S/C12H13N3S/c13-8-5-6-10-11(7-8)16-12(15-10)14-9-3-1-2-4-9/h1-2,5-7,9H,3-4,13H2,(H,14,15). The fourth-order valence-corrected chi connectivity index (χ4v) is 2.90. The molecule has 3 N–H and O–H groups in total. The Morgan fingerprint density at radius 1 is 1.31 bits per heavy atom. The minimum Gasteiger partial charge on any atom is -0.399 e. The normalized spacial score (nSPS) is 16.0. The van der Waals surface area contributed by atoms with Crippen LogP contribution in [0.15, 0.2) is 30.4 Å². The van der Waals surface area contributed by atoms with Crippen LogP contribution in [-0.2, 0) is 0 Å². The van der Waals surface area contributed by atoms with Crippen LogP contribution >= 0.6 is 11.3 Å². The van der Waals surface area contributed by atoms with Gasteiger partial charge in [0.25, 0.3) is 0 Å². The summed E-state index contributed by atoms with van der Waals surface area (Å²) < 4.78 is 1.15. The highest BCUT2D eigenvalue weighted by atomic mass is 32.1. The van der Waals surface area contributed by atoms with E-state index in [2.05, 4.69) is 22.5 Å². The number of nitrogens with two attached hydrogens (primary N) is 1. The van der Waals surface area contributed by atoms with Crippen molar-refractivity contribution in [2.24, 2.45) is 0 Å². The highest BCUT2D eigenvalue weighted by Crippen LogP contribution is 2.29. The van der Waals surface area contributed by atoms with Crippen LogP contribution in [0, 0.1) is 0 Å². The van der Waals surface area contributed by atoms with Gasteiger partial charge in [-0.3, -0.25) is 0 Å². The first-order valence-corrected chi connectivity index (χ1v) is 6.20. The van der Waals surface area contributed by atoms with Gasteiger partial charge in [-0.15, -0.1) is 0 Å². The third-order valence-corrected chi connectivity index (χ3v) is 3.70. The molecule has 0 radical (unpaired) electrons. The van der Waals surface area contributed by atoms with Crippen LogP contribution < -0.4 is 11.1 Å². The summed E-state index contributed by atoms with van der Waals surface area (Å²) in [5.74, 6) is 0. The first-order chi connectivity index (χ1) is 7.81. The van der Waals surface area contributed by atoms with E-state index in [1.54, 1.807) is 11.3 Å². The van der Waals surface area contributed by atoms with Crippen molar-refractivity contribution < 1.29 is 0 Å². The predicted octanol–water partition coefficient (Wildman–Crippen LogP) is 3.01. The molecule has 0 saturated carbocycles. The SMILES string of the molecule is Nc1ccc2nc(NC3CC=CC3)sc2c1. The lowest BCUT2D eigenvalue weighted by Crippen LogP contribution is -2.14. The highest BCUT2D eigenvalue weighted by Gasteiger charge is 2.12. The quantitative estimate of drug-likeness (QED) is 0.617. The molecule has 1 heterocycles. The number of rotatable bonds is 2. The zero-order valence-corrected chi connectivity index (χ0v) is 9.63. The Bertz CT molecular complexity index is 536. The maximum Gasteiger partial charge on any atom is 0.184 e. The van der Waals surface area contributed by atoms with Crippen molar-refractivity contribution in [2.75, 3.05) is 11.1 Å².